The number of hydrogen-bond donors (Lipinski definition) is 1. The Morgan fingerprint density at radius 1 is 1.20 bits per heavy atom. The zero-order chi connectivity index (χ0) is 10.8. The highest BCUT2D eigenvalue weighted by Crippen LogP contribution is 2.33. The maximum absolute atomic E-state index is 5.52. The van der Waals surface area contributed by atoms with Gasteiger partial charge >= 0.3 is 0 Å². The van der Waals surface area contributed by atoms with Crippen molar-refractivity contribution in [3.63, 3.8) is 0 Å². The Labute approximate surface area is 86.8 Å². The first-order valence-electron chi connectivity index (χ1n) is 4.39. The number of hydrogen-bond acceptors (Lipinski definition) is 5. The van der Waals surface area contributed by atoms with Crippen molar-refractivity contribution in [3.8, 4) is 11.5 Å². The highest BCUT2D eigenvalue weighted by atomic mass is 16.5. The Balaban J connectivity index is 2.79. The van der Waals surface area contributed by atoms with E-state index < -0.39 is 0 Å². The van der Waals surface area contributed by atoms with E-state index in [4.69, 9.17) is 15.2 Å². The number of fused-ring (bicyclic) bond motifs is 1. The molecule has 2 rings (SSSR count). The molecule has 0 bridgehead atoms. The minimum Gasteiger partial charge on any atom is -0.493 e. The number of nitrogens with zero attached hydrogens (tertiary/aromatic N) is 2. The molecule has 0 aliphatic heterocycles. The molecule has 2 N–H and O–H groups in total. The lowest BCUT2D eigenvalue weighted by molar-refractivity contribution is 0.358. The molecule has 15 heavy (non-hydrogen) atoms. The molecular formula is C10H11N3O2. The van der Waals surface area contributed by atoms with Crippen LogP contribution in [0, 0.1) is 0 Å². The number of rotatable bonds is 2. The van der Waals surface area contributed by atoms with E-state index in [1.54, 1.807) is 26.5 Å². The summed E-state index contributed by atoms with van der Waals surface area (Å²) in [6.07, 6.45) is 1.65. The molecule has 0 atom stereocenters. The van der Waals surface area contributed by atoms with E-state index in [9.17, 15) is 0 Å². The molecule has 0 fully saturated rings. The van der Waals surface area contributed by atoms with Crippen molar-refractivity contribution in [3.05, 3.63) is 18.3 Å². The Morgan fingerprint density at radius 2 is 2.00 bits per heavy atom. The van der Waals surface area contributed by atoms with Crippen LogP contribution >= 0.6 is 0 Å². The van der Waals surface area contributed by atoms with Gasteiger partial charge in [-0.1, -0.05) is 0 Å². The summed E-state index contributed by atoms with van der Waals surface area (Å²) < 4.78 is 10.4. The molecule has 0 amide bonds. The first kappa shape index (κ1) is 9.51. The molecule has 5 heteroatoms. The van der Waals surface area contributed by atoms with Crippen molar-refractivity contribution in [2.75, 3.05) is 20.0 Å². The van der Waals surface area contributed by atoms with E-state index in [1.165, 1.54) is 0 Å². The number of nitrogens with two attached hydrogens (primary N) is 1. The van der Waals surface area contributed by atoms with Gasteiger partial charge in [-0.2, -0.15) is 0 Å². The molecule has 0 saturated heterocycles. The summed E-state index contributed by atoms with van der Waals surface area (Å²) in [5.74, 6) is 1.42. The van der Waals surface area contributed by atoms with Crippen molar-refractivity contribution in [2.45, 2.75) is 0 Å². The van der Waals surface area contributed by atoms with E-state index in [2.05, 4.69) is 9.97 Å². The van der Waals surface area contributed by atoms with Gasteiger partial charge in [0.1, 0.15) is 5.52 Å². The highest BCUT2D eigenvalue weighted by molar-refractivity contribution is 5.87. The molecule has 5 nitrogen and oxygen atoms in total. The molecule has 0 radical (unpaired) electrons. The van der Waals surface area contributed by atoms with Crippen LogP contribution in [0.15, 0.2) is 18.3 Å². The van der Waals surface area contributed by atoms with E-state index in [0.29, 0.717) is 17.0 Å². The number of nitrogen functional groups attached to an aromatic ring is 1. The fourth-order valence-electron chi connectivity index (χ4n) is 1.42. The number of ether oxygens (including phenoxy) is 2. The van der Waals surface area contributed by atoms with Crippen LogP contribution in [-0.2, 0) is 0 Å². The smallest absolute Gasteiger partial charge is 0.220 e. The average molecular weight is 205 g/mol. The van der Waals surface area contributed by atoms with Gasteiger partial charge in [0.25, 0.3) is 0 Å². The summed E-state index contributed by atoms with van der Waals surface area (Å²) in [7, 11) is 3.14. The lowest BCUT2D eigenvalue weighted by atomic mass is 10.2. The second-order valence-electron chi connectivity index (χ2n) is 2.97. The predicted molar refractivity (Wildman–Crippen MR) is 57.1 cm³/mol. The minimum absolute atomic E-state index is 0.217. The summed E-state index contributed by atoms with van der Waals surface area (Å²) >= 11 is 0. The van der Waals surface area contributed by atoms with Gasteiger partial charge in [0.15, 0.2) is 11.5 Å². The predicted octanol–water partition coefficient (Wildman–Crippen LogP) is 1.23. The summed E-state index contributed by atoms with van der Waals surface area (Å²) in [5, 5.41) is 0.863. The van der Waals surface area contributed by atoms with Crippen molar-refractivity contribution < 1.29 is 9.47 Å². The molecule has 1 heterocycles. The van der Waals surface area contributed by atoms with Gasteiger partial charge in [-0.3, -0.25) is 0 Å². The van der Waals surface area contributed by atoms with Crippen LogP contribution in [0.3, 0.4) is 0 Å². The van der Waals surface area contributed by atoms with Gasteiger partial charge in [0.2, 0.25) is 5.95 Å². The van der Waals surface area contributed by atoms with Crippen LogP contribution in [0.1, 0.15) is 0 Å². The molecule has 78 valence electrons. The molecule has 0 saturated carbocycles. The third kappa shape index (κ3) is 1.52. The normalized spacial score (nSPS) is 10.3. The van der Waals surface area contributed by atoms with E-state index in [1.807, 2.05) is 6.07 Å². The van der Waals surface area contributed by atoms with Gasteiger partial charge < -0.3 is 15.2 Å². The van der Waals surface area contributed by atoms with Gasteiger partial charge in [-0.05, 0) is 12.1 Å². The third-order valence-electron chi connectivity index (χ3n) is 2.11. The molecule has 0 spiro atoms. The molecule has 0 aliphatic rings. The number of aromatic nitrogens is 2. The van der Waals surface area contributed by atoms with E-state index in [-0.39, 0.29) is 5.95 Å². The summed E-state index contributed by atoms with van der Waals surface area (Å²) in [6, 6.07) is 3.66. The average Bonchev–Trinajstić information content (AvgIpc) is 2.27. The monoisotopic (exact) mass is 205 g/mol. The first-order valence-corrected chi connectivity index (χ1v) is 4.39. The maximum Gasteiger partial charge on any atom is 0.220 e. The minimum atomic E-state index is 0.217. The molecule has 0 unspecified atom stereocenters. The lowest BCUT2D eigenvalue weighted by Gasteiger charge is -2.09. The van der Waals surface area contributed by atoms with Crippen molar-refractivity contribution in [1.29, 1.82) is 0 Å². The molecule has 0 aliphatic carbocycles. The van der Waals surface area contributed by atoms with E-state index in [0.717, 1.165) is 5.39 Å². The molecule has 2 aromatic rings. The van der Waals surface area contributed by atoms with E-state index >= 15 is 0 Å². The van der Waals surface area contributed by atoms with Crippen LogP contribution in [-0.4, -0.2) is 24.2 Å². The summed E-state index contributed by atoms with van der Waals surface area (Å²) in [4.78, 5) is 8.03. The van der Waals surface area contributed by atoms with Crippen molar-refractivity contribution in [2.24, 2.45) is 0 Å². The highest BCUT2D eigenvalue weighted by Gasteiger charge is 2.10. The van der Waals surface area contributed by atoms with Crippen LogP contribution in [0.25, 0.3) is 10.9 Å². The number of benzene rings is 1. The largest absolute Gasteiger partial charge is 0.493 e. The van der Waals surface area contributed by atoms with Crippen molar-refractivity contribution in [1.82, 2.24) is 9.97 Å². The zero-order valence-electron chi connectivity index (χ0n) is 8.52. The maximum atomic E-state index is 5.52. The lowest BCUT2D eigenvalue weighted by Crippen LogP contribution is -1.97. The Bertz CT molecular complexity index is 499. The molecular weight excluding hydrogens is 194 g/mol. The van der Waals surface area contributed by atoms with Crippen LogP contribution in [0.2, 0.25) is 0 Å². The summed E-state index contributed by atoms with van der Waals surface area (Å²) in [5.41, 5.74) is 6.18. The number of anilines is 1. The Kier molecular flexibility index (Phi) is 2.29. The standard InChI is InChI=1S/C10H11N3O2/c1-14-7-4-3-6-5-12-10(11)13-8(6)9(7)15-2/h3-5H,1-2H3,(H2,11,12,13). The van der Waals surface area contributed by atoms with Gasteiger partial charge in [0.05, 0.1) is 14.2 Å². The number of methoxy groups -OCH3 is 2. The zero-order valence-corrected chi connectivity index (χ0v) is 8.52. The SMILES string of the molecule is COc1ccc2cnc(N)nc2c1OC. The van der Waals surface area contributed by atoms with Gasteiger partial charge in [0, 0.05) is 11.6 Å². The van der Waals surface area contributed by atoms with Crippen LogP contribution in [0.5, 0.6) is 11.5 Å². The quantitative estimate of drug-likeness (QED) is 0.798. The van der Waals surface area contributed by atoms with Crippen LogP contribution < -0.4 is 15.2 Å². The fraction of sp³-hybridized carbons (Fsp3) is 0.200. The van der Waals surface area contributed by atoms with Crippen LogP contribution in [0.4, 0.5) is 5.95 Å². The molecule has 1 aromatic carbocycles. The summed E-state index contributed by atoms with van der Waals surface area (Å²) in [6.45, 7) is 0. The second kappa shape index (κ2) is 3.61. The van der Waals surface area contributed by atoms with Gasteiger partial charge in [-0.15, -0.1) is 0 Å². The second-order valence-corrected chi connectivity index (χ2v) is 2.97. The fourth-order valence-corrected chi connectivity index (χ4v) is 1.42. The first-order chi connectivity index (χ1) is 7.26. The van der Waals surface area contributed by atoms with Gasteiger partial charge in [-0.25, -0.2) is 9.97 Å². The Morgan fingerprint density at radius 3 is 2.67 bits per heavy atom. The topological polar surface area (TPSA) is 70.3 Å². The third-order valence-corrected chi connectivity index (χ3v) is 2.11. The Hall–Kier alpha value is -2.04. The molecule has 1 aromatic heterocycles. The van der Waals surface area contributed by atoms with Crippen molar-refractivity contribution >= 4 is 16.9 Å².